The monoisotopic (exact) mass is 211 g/mol. The van der Waals surface area contributed by atoms with Crippen LogP contribution in [0.4, 0.5) is 11.5 Å². The molecule has 0 saturated heterocycles. The van der Waals surface area contributed by atoms with Crippen molar-refractivity contribution in [2.24, 2.45) is 0 Å². The molecular formula is C10H17N3O2. The highest BCUT2D eigenvalue weighted by atomic mass is 16.5. The van der Waals surface area contributed by atoms with Crippen molar-refractivity contribution in [1.82, 2.24) is 4.98 Å². The number of likely N-dealkylation sites (N-methyl/N-ethyl adjacent to an activating group) is 1. The number of nitrogens with zero attached hydrogens (tertiary/aromatic N) is 2. The zero-order valence-corrected chi connectivity index (χ0v) is 9.10. The highest BCUT2D eigenvalue weighted by molar-refractivity contribution is 5.54. The van der Waals surface area contributed by atoms with E-state index in [0.29, 0.717) is 18.1 Å². The number of pyridine rings is 1. The second-order valence-electron chi connectivity index (χ2n) is 3.07. The van der Waals surface area contributed by atoms with Crippen LogP contribution in [0.1, 0.15) is 6.92 Å². The van der Waals surface area contributed by atoms with Gasteiger partial charge < -0.3 is 20.5 Å². The largest absolute Gasteiger partial charge is 0.479 e. The summed E-state index contributed by atoms with van der Waals surface area (Å²) < 4.78 is 5.03. The molecule has 0 unspecified atom stereocenters. The van der Waals surface area contributed by atoms with Gasteiger partial charge in [-0.15, -0.1) is 0 Å². The number of aliphatic hydroxyl groups is 1. The summed E-state index contributed by atoms with van der Waals surface area (Å²) >= 11 is 0. The van der Waals surface area contributed by atoms with E-state index in [1.807, 2.05) is 17.9 Å². The Labute approximate surface area is 89.5 Å². The van der Waals surface area contributed by atoms with E-state index >= 15 is 0 Å². The van der Waals surface area contributed by atoms with Crippen molar-refractivity contribution in [2.75, 3.05) is 37.4 Å². The van der Waals surface area contributed by atoms with Crippen LogP contribution in [0.5, 0.6) is 5.88 Å². The molecule has 1 aromatic heterocycles. The number of methoxy groups -OCH3 is 1. The molecule has 0 fully saturated rings. The molecule has 0 aliphatic rings. The van der Waals surface area contributed by atoms with E-state index in [4.69, 9.17) is 15.6 Å². The lowest BCUT2D eigenvalue weighted by Gasteiger charge is -2.21. The summed E-state index contributed by atoms with van der Waals surface area (Å²) in [5.74, 6) is 1.18. The molecule has 0 amide bonds. The fourth-order valence-electron chi connectivity index (χ4n) is 1.34. The van der Waals surface area contributed by atoms with Crippen LogP contribution in [0.15, 0.2) is 12.1 Å². The Morgan fingerprint density at radius 1 is 1.53 bits per heavy atom. The number of anilines is 2. The quantitative estimate of drug-likeness (QED) is 0.741. The standard InChI is InChI=1S/C10H17N3O2/c1-3-13(6-7-14)9-5-4-8(11)10(12-9)15-2/h4-5,14H,3,6-7,11H2,1-2H3. The maximum atomic E-state index is 8.88. The third-order valence-electron chi connectivity index (χ3n) is 2.14. The first kappa shape index (κ1) is 11.6. The number of nitrogens with two attached hydrogens (primary N) is 1. The number of aliphatic hydroxyl groups excluding tert-OH is 1. The van der Waals surface area contributed by atoms with Gasteiger partial charge in [-0.1, -0.05) is 0 Å². The summed E-state index contributed by atoms with van der Waals surface area (Å²) in [5.41, 5.74) is 6.18. The van der Waals surface area contributed by atoms with E-state index in [9.17, 15) is 0 Å². The Bertz CT molecular complexity index is 318. The lowest BCUT2D eigenvalue weighted by Crippen LogP contribution is -2.27. The zero-order chi connectivity index (χ0) is 11.3. The van der Waals surface area contributed by atoms with Crippen molar-refractivity contribution in [3.05, 3.63) is 12.1 Å². The van der Waals surface area contributed by atoms with Crippen molar-refractivity contribution in [2.45, 2.75) is 6.92 Å². The lowest BCUT2D eigenvalue weighted by molar-refractivity contribution is 0.302. The molecule has 1 aromatic rings. The number of rotatable bonds is 5. The summed E-state index contributed by atoms with van der Waals surface area (Å²) in [5, 5.41) is 8.88. The summed E-state index contributed by atoms with van der Waals surface area (Å²) in [6.07, 6.45) is 0. The van der Waals surface area contributed by atoms with Crippen LogP contribution in [-0.4, -0.2) is 36.9 Å². The van der Waals surface area contributed by atoms with Gasteiger partial charge in [0.15, 0.2) is 0 Å². The summed E-state index contributed by atoms with van der Waals surface area (Å²) in [6.45, 7) is 3.43. The molecule has 0 radical (unpaired) electrons. The van der Waals surface area contributed by atoms with Crippen molar-refractivity contribution < 1.29 is 9.84 Å². The van der Waals surface area contributed by atoms with Crippen LogP contribution >= 0.6 is 0 Å². The van der Waals surface area contributed by atoms with Gasteiger partial charge in [0, 0.05) is 13.1 Å². The maximum absolute atomic E-state index is 8.88. The summed E-state index contributed by atoms with van der Waals surface area (Å²) in [6, 6.07) is 3.57. The smallest absolute Gasteiger partial charge is 0.238 e. The van der Waals surface area contributed by atoms with Crippen molar-refractivity contribution in [1.29, 1.82) is 0 Å². The van der Waals surface area contributed by atoms with Gasteiger partial charge >= 0.3 is 0 Å². The molecule has 0 aromatic carbocycles. The van der Waals surface area contributed by atoms with E-state index in [1.54, 1.807) is 6.07 Å². The zero-order valence-electron chi connectivity index (χ0n) is 9.10. The minimum atomic E-state index is 0.0994. The predicted molar refractivity (Wildman–Crippen MR) is 60.2 cm³/mol. The van der Waals surface area contributed by atoms with E-state index in [-0.39, 0.29) is 6.61 Å². The number of hydrogen-bond acceptors (Lipinski definition) is 5. The second kappa shape index (κ2) is 5.41. The molecule has 0 aliphatic carbocycles. The molecule has 5 nitrogen and oxygen atoms in total. The SMILES string of the molecule is CCN(CCO)c1ccc(N)c(OC)n1. The molecule has 0 aliphatic heterocycles. The van der Waals surface area contributed by atoms with Crippen LogP contribution in [0.2, 0.25) is 0 Å². The summed E-state index contributed by atoms with van der Waals surface area (Å²) in [4.78, 5) is 6.19. The molecule has 1 heterocycles. The maximum Gasteiger partial charge on any atom is 0.238 e. The van der Waals surface area contributed by atoms with Gasteiger partial charge in [-0.3, -0.25) is 0 Å². The predicted octanol–water partition coefficient (Wildman–Crippen LogP) is 0.491. The van der Waals surface area contributed by atoms with Crippen molar-refractivity contribution in [3.8, 4) is 5.88 Å². The molecule has 0 saturated carbocycles. The van der Waals surface area contributed by atoms with E-state index in [0.717, 1.165) is 12.4 Å². The normalized spacial score (nSPS) is 10.1. The molecular weight excluding hydrogens is 194 g/mol. The van der Waals surface area contributed by atoms with Gasteiger partial charge in [0.25, 0.3) is 0 Å². The van der Waals surface area contributed by atoms with Gasteiger partial charge in [0.1, 0.15) is 5.82 Å². The first-order chi connectivity index (χ1) is 7.22. The van der Waals surface area contributed by atoms with Crippen molar-refractivity contribution in [3.63, 3.8) is 0 Å². The van der Waals surface area contributed by atoms with E-state index in [1.165, 1.54) is 7.11 Å². The van der Waals surface area contributed by atoms with Crippen LogP contribution in [0.25, 0.3) is 0 Å². The second-order valence-corrected chi connectivity index (χ2v) is 3.07. The van der Waals surface area contributed by atoms with E-state index in [2.05, 4.69) is 4.98 Å². The first-order valence-electron chi connectivity index (χ1n) is 4.89. The van der Waals surface area contributed by atoms with E-state index < -0.39 is 0 Å². The van der Waals surface area contributed by atoms with Gasteiger partial charge in [0.2, 0.25) is 5.88 Å². The third kappa shape index (κ3) is 2.73. The summed E-state index contributed by atoms with van der Waals surface area (Å²) in [7, 11) is 1.53. The fourth-order valence-corrected chi connectivity index (χ4v) is 1.34. The first-order valence-corrected chi connectivity index (χ1v) is 4.89. The Hall–Kier alpha value is -1.49. The highest BCUT2D eigenvalue weighted by Crippen LogP contribution is 2.22. The third-order valence-corrected chi connectivity index (χ3v) is 2.14. The van der Waals surface area contributed by atoms with Gasteiger partial charge in [0.05, 0.1) is 19.4 Å². The number of aromatic nitrogens is 1. The van der Waals surface area contributed by atoms with Gasteiger partial charge in [-0.2, -0.15) is 4.98 Å². The molecule has 0 bridgehead atoms. The minimum absolute atomic E-state index is 0.0994. The molecule has 0 spiro atoms. The number of hydrogen-bond donors (Lipinski definition) is 2. The Morgan fingerprint density at radius 2 is 2.27 bits per heavy atom. The lowest BCUT2D eigenvalue weighted by atomic mass is 10.3. The molecule has 15 heavy (non-hydrogen) atoms. The average molecular weight is 211 g/mol. The van der Waals surface area contributed by atoms with Crippen LogP contribution in [0, 0.1) is 0 Å². The number of nitrogen functional groups attached to an aromatic ring is 1. The fraction of sp³-hybridized carbons (Fsp3) is 0.500. The molecule has 0 atom stereocenters. The van der Waals surface area contributed by atoms with Crippen LogP contribution in [0.3, 0.4) is 0 Å². The van der Waals surface area contributed by atoms with Gasteiger partial charge in [-0.05, 0) is 19.1 Å². The minimum Gasteiger partial charge on any atom is -0.479 e. The van der Waals surface area contributed by atoms with Crippen LogP contribution < -0.4 is 15.4 Å². The van der Waals surface area contributed by atoms with Crippen molar-refractivity contribution >= 4 is 11.5 Å². The Kier molecular flexibility index (Phi) is 4.17. The Balaban J connectivity index is 2.92. The average Bonchev–Trinajstić information content (AvgIpc) is 2.27. The molecule has 84 valence electrons. The topological polar surface area (TPSA) is 71.6 Å². The molecule has 3 N–H and O–H groups in total. The molecule has 5 heteroatoms. The van der Waals surface area contributed by atoms with Crippen LogP contribution in [-0.2, 0) is 0 Å². The number of ether oxygens (including phenoxy) is 1. The van der Waals surface area contributed by atoms with Gasteiger partial charge in [-0.25, -0.2) is 0 Å². The Morgan fingerprint density at radius 3 is 2.80 bits per heavy atom. The highest BCUT2D eigenvalue weighted by Gasteiger charge is 2.08. The molecule has 1 rings (SSSR count).